The summed E-state index contributed by atoms with van der Waals surface area (Å²) in [6.45, 7) is 8.12. The van der Waals surface area contributed by atoms with E-state index >= 15 is 0 Å². The number of hydrogen-bond donors (Lipinski definition) is 1. The summed E-state index contributed by atoms with van der Waals surface area (Å²) in [5, 5.41) is 3.33. The lowest BCUT2D eigenvalue weighted by Crippen LogP contribution is -2.46. The molecule has 1 fully saturated rings. The van der Waals surface area contributed by atoms with Crippen LogP contribution in [0.2, 0.25) is 0 Å². The number of alkyl halides is 3. The molecule has 5 heteroatoms. The number of rotatable bonds is 5. The third-order valence-electron chi connectivity index (χ3n) is 4.41. The first-order valence-corrected chi connectivity index (χ1v) is 8.05. The van der Waals surface area contributed by atoms with Crippen LogP contribution in [0.4, 0.5) is 13.2 Å². The number of nitrogens with one attached hydrogen (secondary N) is 1. The topological polar surface area (TPSA) is 15.3 Å². The molecule has 2 atom stereocenters. The third-order valence-corrected chi connectivity index (χ3v) is 4.41. The van der Waals surface area contributed by atoms with Gasteiger partial charge in [-0.3, -0.25) is 4.90 Å². The van der Waals surface area contributed by atoms with Crippen molar-refractivity contribution >= 4 is 0 Å². The molecular weight excluding hydrogens is 289 g/mol. The van der Waals surface area contributed by atoms with Crippen LogP contribution in [0.3, 0.4) is 0 Å². The van der Waals surface area contributed by atoms with Gasteiger partial charge in [-0.2, -0.15) is 13.2 Å². The van der Waals surface area contributed by atoms with Crippen LogP contribution in [0.15, 0.2) is 24.3 Å². The maximum atomic E-state index is 12.7. The monoisotopic (exact) mass is 314 g/mol. The molecule has 0 amide bonds. The van der Waals surface area contributed by atoms with Gasteiger partial charge in [-0.15, -0.1) is 0 Å². The van der Waals surface area contributed by atoms with E-state index in [-0.39, 0.29) is 6.04 Å². The Morgan fingerprint density at radius 3 is 2.23 bits per heavy atom. The molecule has 0 radical (unpaired) electrons. The van der Waals surface area contributed by atoms with E-state index in [0.29, 0.717) is 5.92 Å². The van der Waals surface area contributed by atoms with Gasteiger partial charge in [-0.05, 0) is 30.0 Å². The summed E-state index contributed by atoms with van der Waals surface area (Å²) in [6, 6.07) is 5.93. The van der Waals surface area contributed by atoms with E-state index in [1.807, 2.05) is 0 Å². The molecule has 1 heterocycles. The molecule has 1 N–H and O–H groups in total. The van der Waals surface area contributed by atoms with E-state index in [1.165, 1.54) is 12.1 Å². The molecule has 2 nitrogen and oxygen atoms in total. The summed E-state index contributed by atoms with van der Waals surface area (Å²) in [6.07, 6.45) is -2.10. The summed E-state index contributed by atoms with van der Waals surface area (Å²) in [5.74, 6) is 0.430. The average molecular weight is 314 g/mol. The van der Waals surface area contributed by atoms with Crippen molar-refractivity contribution in [3.8, 4) is 0 Å². The van der Waals surface area contributed by atoms with E-state index in [0.717, 1.165) is 44.6 Å². The smallest absolute Gasteiger partial charge is 0.314 e. The second kappa shape index (κ2) is 7.47. The van der Waals surface area contributed by atoms with Crippen LogP contribution in [0.1, 0.15) is 43.9 Å². The quantitative estimate of drug-likeness (QED) is 0.880. The van der Waals surface area contributed by atoms with Gasteiger partial charge < -0.3 is 5.32 Å². The lowest BCUT2D eigenvalue weighted by Gasteiger charge is -2.38. The maximum absolute atomic E-state index is 12.7. The van der Waals surface area contributed by atoms with Crippen molar-refractivity contribution in [1.29, 1.82) is 0 Å². The summed E-state index contributed by atoms with van der Waals surface area (Å²) in [5.41, 5.74) is 0.425. The highest BCUT2D eigenvalue weighted by atomic mass is 19.4. The number of benzene rings is 1. The molecule has 1 aromatic carbocycles. The number of hydrogen-bond acceptors (Lipinski definition) is 2. The Morgan fingerprint density at radius 2 is 1.73 bits per heavy atom. The van der Waals surface area contributed by atoms with Crippen LogP contribution >= 0.6 is 0 Å². The Kier molecular flexibility index (Phi) is 5.87. The van der Waals surface area contributed by atoms with E-state index in [2.05, 4.69) is 24.1 Å². The van der Waals surface area contributed by atoms with Gasteiger partial charge in [0.2, 0.25) is 0 Å². The van der Waals surface area contributed by atoms with Crippen molar-refractivity contribution in [2.24, 2.45) is 5.92 Å². The van der Waals surface area contributed by atoms with Gasteiger partial charge >= 0.3 is 6.18 Å². The van der Waals surface area contributed by atoms with Gasteiger partial charge in [0, 0.05) is 32.2 Å². The first-order valence-electron chi connectivity index (χ1n) is 8.05. The van der Waals surface area contributed by atoms with Gasteiger partial charge in [-0.1, -0.05) is 32.4 Å². The molecule has 1 unspecified atom stereocenters. The minimum atomic E-state index is -4.27. The lowest BCUT2D eigenvalue weighted by atomic mass is 9.89. The molecule has 124 valence electrons. The standard InChI is InChI=1S/C17H25F3N2/c1-3-4-13(2)16(22-11-9-21-10-12-22)14-5-7-15(8-6-14)17(18,19)20/h5-8,13,16,21H,3-4,9-12H2,1-2H3/t13?,16-/m1/s1. The molecule has 0 aliphatic carbocycles. The lowest BCUT2D eigenvalue weighted by molar-refractivity contribution is -0.137. The van der Waals surface area contributed by atoms with E-state index in [9.17, 15) is 13.2 Å². The zero-order valence-corrected chi connectivity index (χ0v) is 13.3. The molecule has 0 spiro atoms. The Morgan fingerprint density at radius 1 is 1.14 bits per heavy atom. The summed E-state index contributed by atoms with van der Waals surface area (Å²) in [4.78, 5) is 2.40. The molecule has 1 aromatic rings. The van der Waals surface area contributed by atoms with Crippen LogP contribution in [0.25, 0.3) is 0 Å². The van der Waals surface area contributed by atoms with Crippen molar-refractivity contribution in [2.45, 2.75) is 38.9 Å². The van der Waals surface area contributed by atoms with Crippen LogP contribution in [0.5, 0.6) is 0 Å². The minimum Gasteiger partial charge on any atom is -0.314 e. The SMILES string of the molecule is CCCC(C)[C@H](c1ccc(C(F)(F)F)cc1)N1CCNCC1. The Bertz CT molecular complexity index is 450. The van der Waals surface area contributed by atoms with Crippen LogP contribution < -0.4 is 5.32 Å². The Hall–Kier alpha value is -1.07. The molecule has 0 aromatic heterocycles. The fourth-order valence-corrected chi connectivity index (χ4v) is 3.34. The molecule has 2 rings (SSSR count). The van der Waals surface area contributed by atoms with E-state index < -0.39 is 11.7 Å². The number of halogens is 3. The first kappa shape index (κ1) is 17.3. The summed E-state index contributed by atoms with van der Waals surface area (Å²) < 4.78 is 38.2. The number of piperazine rings is 1. The van der Waals surface area contributed by atoms with Crippen LogP contribution in [-0.2, 0) is 6.18 Å². The van der Waals surface area contributed by atoms with Crippen LogP contribution in [-0.4, -0.2) is 31.1 Å². The average Bonchev–Trinajstić information content (AvgIpc) is 2.48. The second-order valence-electron chi connectivity index (χ2n) is 6.12. The molecule has 1 aliphatic rings. The highest BCUT2D eigenvalue weighted by Gasteiger charge is 2.31. The van der Waals surface area contributed by atoms with Gasteiger partial charge in [0.25, 0.3) is 0 Å². The summed E-state index contributed by atoms with van der Waals surface area (Å²) >= 11 is 0. The van der Waals surface area contributed by atoms with Gasteiger partial charge in [0.05, 0.1) is 5.56 Å². The fourth-order valence-electron chi connectivity index (χ4n) is 3.34. The van der Waals surface area contributed by atoms with Crippen LogP contribution in [0, 0.1) is 5.92 Å². The third kappa shape index (κ3) is 4.23. The summed E-state index contributed by atoms with van der Waals surface area (Å²) in [7, 11) is 0. The second-order valence-corrected chi connectivity index (χ2v) is 6.12. The van der Waals surface area contributed by atoms with Gasteiger partial charge in [0.15, 0.2) is 0 Å². The van der Waals surface area contributed by atoms with Gasteiger partial charge in [0.1, 0.15) is 0 Å². The predicted molar refractivity (Wildman–Crippen MR) is 82.7 cm³/mol. The molecule has 1 aliphatic heterocycles. The highest BCUT2D eigenvalue weighted by molar-refractivity contribution is 5.27. The normalized spacial score (nSPS) is 19.9. The van der Waals surface area contributed by atoms with Crippen molar-refractivity contribution in [2.75, 3.05) is 26.2 Å². The Balaban J connectivity index is 2.23. The molecule has 0 saturated carbocycles. The number of nitrogens with zero attached hydrogens (tertiary/aromatic N) is 1. The minimum absolute atomic E-state index is 0.198. The van der Waals surface area contributed by atoms with Crippen molar-refractivity contribution in [3.05, 3.63) is 35.4 Å². The van der Waals surface area contributed by atoms with E-state index in [4.69, 9.17) is 0 Å². The molecule has 0 bridgehead atoms. The molecule has 1 saturated heterocycles. The largest absolute Gasteiger partial charge is 0.416 e. The van der Waals surface area contributed by atoms with Crippen molar-refractivity contribution in [3.63, 3.8) is 0 Å². The zero-order chi connectivity index (χ0) is 16.2. The maximum Gasteiger partial charge on any atom is 0.416 e. The van der Waals surface area contributed by atoms with Gasteiger partial charge in [-0.25, -0.2) is 0 Å². The predicted octanol–water partition coefficient (Wildman–Crippen LogP) is 4.09. The first-order chi connectivity index (χ1) is 10.4. The molecule has 22 heavy (non-hydrogen) atoms. The molecular formula is C17H25F3N2. The van der Waals surface area contributed by atoms with Crippen molar-refractivity contribution in [1.82, 2.24) is 10.2 Å². The fraction of sp³-hybridized carbons (Fsp3) is 0.647. The van der Waals surface area contributed by atoms with Crippen molar-refractivity contribution < 1.29 is 13.2 Å². The van der Waals surface area contributed by atoms with E-state index in [1.54, 1.807) is 12.1 Å². The zero-order valence-electron chi connectivity index (χ0n) is 13.3. The Labute approximate surface area is 130 Å². The highest BCUT2D eigenvalue weighted by Crippen LogP contribution is 2.34.